The molecule has 0 radical (unpaired) electrons. The van der Waals surface area contributed by atoms with Crippen molar-refractivity contribution in [2.45, 2.75) is 52.6 Å². The zero-order valence-corrected chi connectivity index (χ0v) is 13.1. The minimum absolute atomic E-state index is 0.188. The molecule has 0 fully saturated rings. The molecule has 0 aliphatic carbocycles. The number of hydrogen-bond acceptors (Lipinski definition) is 3. The van der Waals surface area contributed by atoms with Crippen LogP contribution in [0.4, 0.5) is 0 Å². The van der Waals surface area contributed by atoms with Crippen molar-refractivity contribution in [1.82, 2.24) is 5.32 Å². The highest BCUT2D eigenvalue weighted by molar-refractivity contribution is 5.84. The topological polar surface area (TPSA) is 64.3 Å². The van der Waals surface area contributed by atoms with Crippen molar-refractivity contribution in [3.63, 3.8) is 0 Å². The van der Waals surface area contributed by atoms with Crippen LogP contribution in [-0.4, -0.2) is 24.1 Å². The van der Waals surface area contributed by atoms with Gasteiger partial charge in [0.1, 0.15) is 5.75 Å². The van der Waals surface area contributed by atoms with Gasteiger partial charge in [0.05, 0.1) is 12.1 Å². The summed E-state index contributed by atoms with van der Waals surface area (Å²) in [5.41, 5.74) is 7.00. The Labute approximate surface area is 121 Å². The number of benzene rings is 1. The molecule has 0 aliphatic rings. The van der Waals surface area contributed by atoms with Gasteiger partial charge in [-0.2, -0.15) is 0 Å². The Morgan fingerprint density at radius 2 is 2.05 bits per heavy atom. The maximum Gasteiger partial charge on any atom is 0.237 e. The standard InChI is InChI=1S/C16H26N2O2/c1-11(2)18-16(5,15(17)19)8-9-20-14-10-12(3)6-7-13(14)4/h6-7,10-11,18H,8-9H2,1-5H3,(H2,17,19). The Balaban J connectivity index is 2.65. The number of carbonyl (C=O) groups is 1. The van der Waals surface area contributed by atoms with Crippen molar-refractivity contribution >= 4 is 5.91 Å². The number of carbonyl (C=O) groups excluding carboxylic acids is 1. The lowest BCUT2D eigenvalue weighted by Crippen LogP contribution is -2.56. The highest BCUT2D eigenvalue weighted by Gasteiger charge is 2.31. The van der Waals surface area contributed by atoms with E-state index < -0.39 is 5.54 Å². The Bertz CT molecular complexity index is 472. The first-order valence-electron chi connectivity index (χ1n) is 7.02. The highest BCUT2D eigenvalue weighted by Crippen LogP contribution is 2.20. The van der Waals surface area contributed by atoms with Crippen LogP contribution < -0.4 is 15.8 Å². The molecule has 1 aromatic rings. The van der Waals surface area contributed by atoms with Crippen molar-refractivity contribution in [3.8, 4) is 5.75 Å². The normalized spacial score (nSPS) is 14.1. The van der Waals surface area contributed by atoms with Crippen molar-refractivity contribution < 1.29 is 9.53 Å². The monoisotopic (exact) mass is 278 g/mol. The van der Waals surface area contributed by atoms with E-state index in [1.54, 1.807) is 0 Å². The second-order valence-corrected chi connectivity index (χ2v) is 5.86. The molecule has 0 aromatic heterocycles. The number of aryl methyl sites for hydroxylation is 2. The van der Waals surface area contributed by atoms with Crippen LogP contribution in [0.1, 0.15) is 38.3 Å². The number of hydrogen-bond donors (Lipinski definition) is 2. The van der Waals surface area contributed by atoms with Crippen LogP contribution in [0.25, 0.3) is 0 Å². The summed E-state index contributed by atoms with van der Waals surface area (Å²) in [5.74, 6) is 0.511. The Morgan fingerprint density at radius 1 is 1.40 bits per heavy atom. The van der Waals surface area contributed by atoms with E-state index in [1.165, 1.54) is 0 Å². The van der Waals surface area contributed by atoms with Gasteiger partial charge in [0.25, 0.3) is 0 Å². The number of primary amides is 1. The molecule has 112 valence electrons. The summed E-state index contributed by atoms with van der Waals surface area (Å²) in [6.45, 7) is 10.3. The van der Waals surface area contributed by atoms with E-state index in [4.69, 9.17) is 10.5 Å². The zero-order chi connectivity index (χ0) is 15.3. The summed E-state index contributed by atoms with van der Waals surface area (Å²) in [4.78, 5) is 11.6. The van der Waals surface area contributed by atoms with Crippen molar-refractivity contribution in [2.75, 3.05) is 6.61 Å². The van der Waals surface area contributed by atoms with E-state index in [2.05, 4.69) is 11.4 Å². The molecule has 0 aliphatic heterocycles. The molecule has 0 bridgehead atoms. The molecule has 3 N–H and O–H groups in total. The number of ether oxygens (including phenoxy) is 1. The molecule has 1 unspecified atom stereocenters. The smallest absolute Gasteiger partial charge is 0.237 e. The lowest BCUT2D eigenvalue weighted by atomic mass is 9.96. The first-order valence-corrected chi connectivity index (χ1v) is 7.02. The third-order valence-corrected chi connectivity index (χ3v) is 3.35. The van der Waals surface area contributed by atoms with Gasteiger partial charge in [-0.3, -0.25) is 4.79 Å². The minimum Gasteiger partial charge on any atom is -0.493 e. The number of nitrogens with one attached hydrogen (secondary N) is 1. The van der Waals surface area contributed by atoms with Gasteiger partial charge in [0, 0.05) is 12.5 Å². The molecule has 0 saturated carbocycles. The quantitative estimate of drug-likeness (QED) is 0.804. The summed E-state index contributed by atoms with van der Waals surface area (Å²) in [5, 5.41) is 3.21. The van der Waals surface area contributed by atoms with Gasteiger partial charge in [-0.25, -0.2) is 0 Å². The molecule has 1 atom stereocenters. The molecular formula is C16H26N2O2. The molecule has 1 rings (SSSR count). The Hall–Kier alpha value is -1.55. The Kier molecular flexibility index (Phi) is 5.57. The van der Waals surface area contributed by atoms with Crippen LogP contribution in [0.5, 0.6) is 5.75 Å². The fourth-order valence-electron chi connectivity index (χ4n) is 2.13. The predicted molar refractivity (Wildman–Crippen MR) is 81.9 cm³/mol. The maximum absolute atomic E-state index is 11.6. The van der Waals surface area contributed by atoms with Crippen LogP contribution in [-0.2, 0) is 4.79 Å². The second-order valence-electron chi connectivity index (χ2n) is 5.86. The van der Waals surface area contributed by atoms with Gasteiger partial charge in [0.2, 0.25) is 5.91 Å². The van der Waals surface area contributed by atoms with Crippen LogP contribution in [0, 0.1) is 13.8 Å². The van der Waals surface area contributed by atoms with Gasteiger partial charge >= 0.3 is 0 Å². The van der Waals surface area contributed by atoms with E-state index in [9.17, 15) is 4.79 Å². The maximum atomic E-state index is 11.6. The average Bonchev–Trinajstić information content (AvgIpc) is 2.32. The molecule has 0 heterocycles. The van der Waals surface area contributed by atoms with Crippen molar-refractivity contribution in [2.24, 2.45) is 5.73 Å². The largest absolute Gasteiger partial charge is 0.493 e. The zero-order valence-electron chi connectivity index (χ0n) is 13.1. The lowest BCUT2D eigenvalue weighted by molar-refractivity contribution is -0.124. The van der Waals surface area contributed by atoms with Gasteiger partial charge in [-0.05, 0) is 51.8 Å². The first kappa shape index (κ1) is 16.5. The molecule has 1 amide bonds. The van der Waals surface area contributed by atoms with Gasteiger partial charge < -0.3 is 15.8 Å². The molecule has 4 heteroatoms. The van der Waals surface area contributed by atoms with Crippen molar-refractivity contribution in [3.05, 3.63) is 29.3 Å². The molecule has 0 saturated heterocycles. The number of nitrogens with two attached hydrogens (primary N) is 1. The third kappa shape index (κ3) is 4.53. The van der Waals surface area contributed by atoms with Crippen molar-refractivity contribution in [1.29, 1.82) is 0 Å². The van der Waals surface area contributed by atoms with E-state index in [-0.39, 0.29) is 11.9 Å². The van der Waals surface area contributed by atoms with Crippen LogP contribution in [0.2, 0.25) is 0 Å². The molecule has 1 aromatic carbocycles. The number of amides is 1. The second kappa shape index (κ2) is 6.75. The van der Waals surface area contributed by atoms with Gasteiger partial charge in [-0.15, -0.1) is 0 Å². The van der Waals surface area contributed by atoms with E-state index in [0.717, 1.165) is 16.9 Å². The minimum atomic E-state index is -0.744. The fraction of sp³-hybridized carbons (Fsp3) is 0.562. The fourth-order valence-corrected chi connectivity index (χ4v) is 2.13. The summed E-state index contributed by atoms with van der Waals surface area (Å²) < 4.78 is 5.80. The SMILES string of the molecule is Cc1ccc(C)c(OCCC(C)(NC(C)C)C(N)=O)c1. The summed E-state index contributed by atoms with van der Waals surface area (Å²) in [7, 11) is 0. The summed E-state index contributed by atoms with van der Waals surface area (Å²) in [6.07, 6.45) is 0.536. The molecule has 20 heavy (non-hydrogen) atoms. The lowest BCUT2D eigenvalue weighted by Gasteiger charge is -2.29. The van der Waals surface area contributed by atoms with Gasteiger partial charge in [-0.1, -0.05) is 12.1 Å². The van der Waals surface area contributed by atoms with Crippen LogP contribution >= 0.6 is 0 Å². The molecule has 4 nitrogen and oxygen atoms in total. The third-order valence-electron chi connectivity index (χ3n) is 3.35. The summed E-state index contributed by atoms with van der Waals surface area (Å²) >= 11 is 0. The molecular weight excluding hydrogens is 252 g/mol. The average molecular weight is 278 g/mol. The van der Waals surface area contributed by atoms with E-state index in [1.807, 2.05) is 46.8 Å². The van der Waals surface area contributed by atoms with E-state index >= 15 is 0 Å². The van der Waals surface area contributed by atoms with Crippen LogP contribution in [0.3, 0.4) is 0 Å². The summed E-state index contributed by atoms with van der Waals surface area (Å²) in [6, 6.07) is 6.28. The van der Waals surface area contributed by atoms with Gasteiger partial charge in [0.15, 0.2) is 0 Å². The van der Waals surface area contributed by atoms with E-state index in [0.29, 0.717) is 13.0 Å². The predicted octanol–water partition coefficient (Wildman–Crippen LogP) is 2.31. The highest BCUT2D eigenvalue weighted by atomic mass is 16.5. The first-order chi connectivity index (χ1) is 9.24. The molecule has 0 spiro atoms. The Morgan fingerprint density at radius 3 is 2.60 bits per heavy atom. The van der Waals surface area contributed by atoms with Crippen LogP contribution in [0.15, 0.2) is 18.2 Å². The number of rotatable bonds is 7.